The van der Waals surface area contributed by atoms with E-state index in [0.29, 0.717) is 25.2 Å². The number of hydrogen-bond donors (Lipinski definition) is 1. The van der Waals surface area contributed by atoms with Crippen LogP contribution in [-0.2, 0) is 16.6 Å². The van der Waals surface area contributed by atoms with E-state index >= 15 is 0 Å². The van der Waals surface area contributed by atoms with Crippen LogP contribution >= 0.6 is 0 Å². The Bertz CT molecular complexity index is 523. The topological polar surface area (TPSA) is 67.2 Å². The number of nitrogens with one attached hydrogen (secondary N) is 1. The van der Waals surface area contributed by atoms with Gasteiger partial charge in [0.2, 0.25) is 5.91 Å². The van der Waals surface area contributed by atoms with Crippen LogP contribution < -0.4 is 5.32 Å². The predicted molar refractivity (Wildman–Crippen MR) is 71.6 cm³/mol. The second-order valence-electron chi connectivity index (χ2n) is 5.17. The van der Waals surface area contributed by atoms with E-state index in [9.17, 15) is 9.59 Å². The van der Waals surface area contributed by atoms with E-state index < -0.39 is 5.54 Å². The van der Waals surface area contributed by atoms with Crippen molar-refractivity contribution in [3.63, 3.8) is 0 Å². The van der Waals surface area contributed by atoms with Crippen molar-refractivity contribution in [2.24, 2.45) is 7.05 Å². The molecule has 2 rings (SSSR count). The fourth-order valence-electron chi connectivity index (χ4n) is 2.36. The monoisotopic (exact) mass is 264 g/mol. The van der Waals surface area contributed by atoms with Gasteiger partial charge in [-0.05, 0) is 20.3 Å². The van der Waals surface area contributed by atoms with Crippen LogP contribution in [-0.4, -0.2) is 38.6 Å². The summed E-state index contributed by atoms with van der Waals surface area (Å²) in [5.74, 6) is 0.521. The average molecular weight is 264 g/mol. The third kappa shape index (κ3) is 2.22. The number of hydrogen-bond acceptors (Lipinski definition) is 3. The quantitative estimate of drug-likeness (QED) is 0.888. The Morgan fingerprint density at radius 3 is 2.63 bits per heavy atom. The first kappa shape index (κ1) is 13.6. The summed E-state index contributed by atoms with van der Waals surface area (Å²) in [6.07, 6.45) is 1.12. The summed E-state index contributed by atoms with van der Waals surface area (Å²) in [5.41, 5.74) is 0.115. The molecule has 0 aromatic carbocycles. The highest BCUT2D eigenvalue weighted by Gasteiger charge is 2.49. The van der Waals surface area contributed by atoms with Crippen LogP contribution in [0.5, 0.6) is 0 Å². The molecule has 104 valence electrons. The molecule has 6 nitrogen and oxygen atoms in total. The van der Waals surface area contributed by atoms with Crippen molar-refractivity contribution in [2.45, 2.75) is 39.2 Å². The molecule has 0 aliphatic carbocycles. The molecule has 1 atom stereocenters. The highest BCUT2D eigenvalue weighted by Crippen LogP contribution is 2.32. The van der Waals surface area contributed by atoms with Crippen LogP contribution in [0.2, 0.25) is 0 Å². The minimum absolute atomic E-state index is 0.0186. The Morgan fingerprint density at radius 1 is 1.53 bits per heavy atom. The molecule has 2 heterocycles. The first-order valence-corrected chi connectivity index (χ1v) is 6.51. The zero-order chi connectivity index (χ0) is 14.2. The van der Waals surface area contributed by atoms with Crippen LogP contribution in [0.4, 0.5) is 5.82 Å². The van der Waals surface area contributed by atoms with Gasteiger partial charge < -0.3 is 10.2 Å². The van der Waals surface area contributed by atoms with E-state index in [-0.39, 0.29) is 11.8 Å². The Hall–Kier alpha value is -1.85. The Morgan fingerprint density at radius 2 is 2.21 bits per heavy atom. The lowest BCUT2D eigenvalue weighted by atomic mass is 9.85. The molecule has 6 heteroatoms. The molecule has 1 saturated heterocycles. The summed E-state index contributed by atoms with van der Waals surface area (Å²) in [7, 11) is 1.78. The van der Waals surface area contributed by atoms with Gasteiger partial charge in [0.15, 0.2) is 0 Å². The van der Waals surface area contributed by atoms with Gasteiger partial charge in [0, 0.05) is 26.1 Å². The molecule has 2 amide bonds. The molecule has 1 aliphatic heterocycles. The maximum Gasteiger partial charge on any atom is 0.251 e. The van der Waals surface area contributed by atoms with Crippen molar-refractivity contribution in [1.29, 1.82) is 0 Å². The summed E-state index contributed by atoms with van der Waals surface area (Å²) in [4.78, 5) is 25.8. The number of nitrogens with zero attached hydrogens (tertiary/aromatic N) is 3. The molecule has 0 bridgehead atoms. The molecule has 1 aliphatic rings. The first-order chi connectivity index (χ1) is 8.88. The van der Waals surface area contributed by atoms with Gasteiger partial charge in [-0.1, -0.05) is 6.92 Å². The number of aromatic nitrogens is 2. The number of likely N-dealkylation sites (tertiary alicyclic amines) is 1. The number of amides is 2. The molecule has 0 saturated carbocycles. The van der Waals surface area contributed by atoms with Crippen LogP contribution in [0.25, 0.3) is 0 Å². The van der Waals surface area contributed by atoms with Gasteiger partial charge in [-0.15, -0.1) is 0 Å². The summed E-state index contributed by atoms with van der Waals surface area (Å²) in [6.45, 7) is 6.14. The standard InChI is InChI=1S/C13H20N4O2/c1-5-11(18)17-7-6-13(17,3)12(19)14-10-8-9(2)15-16(10)4/h8H,5-7H2,1-4H3,(H,14,19). The Kier molecular flexibility index (Phi) is 3.34. The molecule has 1 aromatic heterocycles. The molecule has 1 fully saturated rings. The van der Waals surface area contributed by atoms with E-state index in [1.165, 1.54) is 0 Å². The summed E-state index contributed by atoms with van der Waals surface area (Å²) >= 11 is 0. The molecular formula is C13H20N4O2. The van der Waals surface area contributed by atoms with Gasteiger partial charge in [0.05, 0.1) is 5.69 Å². The zero-order valence-corrected chi connectivity index (χ0v) is 11.9. The van der Waals surface area contributed by atoms with Crippen molar-refractivity contribution in [2.75, 3.05) is 11.9 Å². The Labute approximate surface area is 112 Å². The third-order valence-electron chi connectivity index (χ3n) is 3.75. The lowest BCUT2D eigenvalue weighted by Gasteiger charge is -2.49. The summed E-state index contributed by atoms with van der Waals surface area (Å²) in [5, 5.41) is 7.03. The largest absolute Gasteiger partial charge is 0.328 e. The second-order valence-corrected chi connectivity index (χ2v) is 5.17. The lowest BCUT2D eigenvalue weighted by molar-refractivity contribution is -0.154. The van der Waals surface area contributed by atoms with Gasteiger partial charge >= 0.3 is 0 Å². The van der Waals surface area contributed by atoms with E-state index in [0.717, 1.165) is 5.69 Å². The minimum atomic E-state index is -0.731. The minimum Gasteiger partial charge on any atom is -0.328 e. The van der Waals surface area contributed by atoms with Crippen LogP contribution in [0, 0.1) is 6.92 Å². The highest BCUT2D eigenvalue weighted by molar-refractivity contribution is 6.00. The first-order valence-electron chi connectivity index (χ1n) is 6.51. The fraction of sp³-hybridized carbons (Fsp3) is 0.615. The van der Waals surface area contributed by atoms with E-state index in [1.807, 2.05) is 26.8 Å². The molecule has 0 radical (unpaired) electrons. The Balaban J connectivity index is 2.12. The molecule has 1 unspecified atom stereocenters. The van der Waals surface area contributed by atoms with Crippen LogP contribution in [0.15, 0.2) is 6.07 Å². The molecule has 1 N–H and O–H groups in total. The smallest absolute Gasteiger partial charge is 0.251 e. The number of aryl methyl sites for hydroxylation is 2. The highest BCUT2D eigenvalue weighted by atomic mass is 16.2. The summed E-state index contributed by atoms with van der Waals surface area (Å²) in [6, 6.07) is 1.81. The summed E-state index contributed by atoms with van der Waals surface area (Å²) < 4.78 is 1.63. The molecule has 1 aromatic rings. The van der Waals surface area contributed by atoms with E-state index in [2.05, 4.69) is 10.4 Å². The number of rotatable bonds is 3. The third-order valence-corrected chi connectivity index (χ3v) is 3.75. The van der Waals surface area contributed by atoms with Gasteiger partial charge in [-0.3, -0.25) is 14.3 Å². The van der Waals surface area contributed by atoms with Crippen molar-refractivity contribution in [1.82, 2.24) is 14.7 Å². The van der Waals surface area contributed by atoms with Gasteiger partial charge in [-0.25, -0.2) is 0 Å². The zero-order valence-electron chi connectivity index (χ0n) is 11.9. The second kappa shape index (κ2) is 4.68. The number of carbonyl (C=O) groups is 2. The number of anilines is 1. The van der Waals surface area contributed by atoms with Crippen molar-refractivity contribution < 1.29 is 9.59 Å². The van der Waals surface area contributed by atoms with Crippen LogP contribution in [0.3, 0.4) is 0 Å². The molecular weight excluding hydrogens is 244 g/mol. The molecule has 19 heavy (non-hydrogen) atoms. The predicted octanol–water partition coefficient (Wildman–Crippen LogP) is 1.07. The average Bonchev–Trinajstić information content (AvgIpc) is 2.65. The van der Waals surface area contributed by atoms with Crippen LogP contribution in [0.1, 0.15) is 32.4 Å². The number of carbonyl (C=O) groups excluding carboxylic acids is 2. The van der Waals surface area contributed by atoms with Crippen molar-refractivity contribution in [3.8, 4) is 0 Å². The fourth-order valence-corrected chi connectivity index (χ4v) is 2.36. The van der Waals surface area contributed by atoms with Gasteiger partial charge in [-0.2, -0.15) is 5.10 Å². The maximum atomic E-state index is 12.4. The van der Waals surface area contributed by atoms with Gasteiger partial charge in [0.1, 0.15) is 11.4 Å². The van der Waals surface area contributed by atoms with E-state index in [4.69, 9.17) is 0 Å². The van der Waals surface area contributed by atoms with Gasteiger partial charge in [0.25, 0.3) is 5.91 Å². The van der Waals surface area contributed by atoms with Crippen molar-refractivity contribution in [3.05, 3.63) is 11.8 Å². The SMILES string of the molecule is CCC(=O)N1CCC1(C)C(=O)Nc1cc(C)nn1C. The molecule has 0 spiro atoms. The maximum absolute atomic E-state index is 12.4. The van der Waals surface area contributed by atoms with Crippen molar-refractivity contribution >= 4 is 17.6 Å². The normalized spacial score (nSPS) is 22.0. The van der Waals surface area contributed by atoms with E-state index in [1.54, 1.807) is 16.6 Å². The lowest BCUT2D eigenvalue weighted by Crippen LogP contribution is -2.66.